The lowest BCUT2D eigenvalue weighted by molar-refractivity contribution is 0.0631. The van der Waals surface area contributed by atoms with Crippen molar-refractivity contribution in [3.63, 3.8) is 0 Å². The van der Waals surface area contributed by atoms with Crippen LogP contribution < -0.4 is 0 Å². The number of nitrogens with zero attached hydrogens (tertiary/aromatic N) is 2. The molecule has 1 saturated heterocycles. The van der Waals surface area contributed by atoms with E-state index in [-0.39, 0.29) is 0 Å². The number of ether oxygens (including phenoxy) is 1. The highest BCUT2D eigenvalue weighted by atomic mass is 16.5. The summed E-state index contributed by atoms with van der Waals surface area (Å²) in [7, 11) is 2.17. The maximum atomic E-state index is 5.78. The van der Waals surface area contributed by atoms with Crippen molar-refractivity contribution >= 4 is 0 Å². The third-order valence-corrected chi connectivity index (χ3v) is 3.42. The summed E-state index contributed by atoms with van der Waals surface area (Å²) in [4.78, 5) is 4.89. The van der Waals surface area contributed by atoms with Gasteiger partial charge in [-0.2, -0.15) is 0 Å². The van der Waals surface area contributed by atoms with Gasteiger partial charge in [0.1, 0.15) is 0 Å². The molecule has 0 aromatic carbocycles. The van der Waals surface area contributed by atoms with E-state index in [1.807, 2.05) is 0 Å². The molecule has 1 aliphatic heterocycles. The van der Waals surface area contributed by atoms with E-state index in [2.05, 4.69) is 37.6 Å². The van der Waals surface area contributed by atoms with E-state index in [0.29, 0.717) is 6.04 Å². The third kappa shape index (κ3) is 6.39. The van der Waals surface area contributed by atoms with Crippen molar-refractivity contribution in [2.45, 2.75) is 39.7 Å². The zero-order chi connectivity index (χ0) is 12.7. The summed E-state index contributed by atoms with van der Waals surface area (Å²) in [5, 5.41) is 0. The lowest BCUT2D eigenvalue weighted by Crippen LogP contribution is -2.35. The molecule has 102 valence electrons. The molecular weight excluding hydrogens is 212 g/mol. The van der Waals surface area contributed by atoms with Crippen LogP contribution >= 0.6 is 0 Å². The molecule has 1 rings (SSSR count). The minimum absolute atomic E-state index is 0.591. The van der Waals surface area contributed by atoms with E-state index in [1.165, 1.54) is 25.9 Å². The van der Waals surface area contributed by atoms with Gasteiger partial charge < -0.3 is 9.64 Å². The minimum Gasteiger partial charge on any atom is -0.379 e. The van der Waals surface area contributed by atoms with Gasteiger partial charge in [0.25, 0.3) is 0 Å². The lowest BCUT2D eigenvalue weighted by atomic mass is 10.2. The molecule has 3 heteroatoms. The van der Waals surface area contributed by atoms with E-state index >= 15 is 0 Å². The van der Waals surface area contributed by atoms with Gasteiger partial charge in [-0.15, -0.1) is 0 Å². The van der Waals surface area contributed by atoms with E-state index < -0.39 is 0 Å². The first-order valence-corrected chi connectivity index (χ1v) is 7.10. The van der Waals surface area contributed by atoms with Crippen molar-refractivity contribution in [3.05, 3.63) is 0 Å². The highest BCUT2D eigenvalue weighted by Crippen LogP contribution is 2.11. The maximum absolute atomic E-state index is 5.78. The number of hydrogen-bond acceptors (Lipinski definition) is 3. The SMILES string of the molecule is CC(C)CN(C)CCOCC(C)N1CCCC1. The Kier molecular flexibility index (Phi) is 7.09. The van der Waals surface area contributed by atoms with Gasteiger partial charge in [0, 0.05) is 19.1 Å². The summed E-state index contributed by atoms with van der Waals surface area (Å²) >= 11 is 0. The Morgan fingerprint density at radius 1 is 1.18 bits per heavy atom. The molecule has 0 aromatic heterocycles. The Bertz CT molecular complexity index is 191. The Labute approximate surface area is 107 Å². The number of likely N-dealkylation sites (tertiary alicyclic amines) is 1. The Morgan fingerprint density at radius 3 is 2.41 bits per heavy atom. The van der Waals surface area contributed by atoms with Crippen LogP contribution in [0.2, 0.25) is 0 Å². The summed E-state index contributed by atoms with van der Waals surface area (Å²) in [5.41, 5.74) is 0. The summed E-state index contributed by atoms with van der Waals surface area (Å²) in [6.07, 6.45) is 2.73. The van der Waals surface area contributed by atoms with Crippen LogP contribution in [0.25, 0.3) is 0 Å². The fourth-order valence-corrected chi connectivity index (χ4v) is 2.48. The summed E-state index contributed by atoms with van der Waals surface area (Å²) in [5.74, 6) is 0.739. The molecule has 1 unspecified atom stereocenters. The van der Waals surface area contributed by atoms with Crippen LogP contribution in [0.4, 0.5) is 0 Å². The maximum Gasteiger partial charge on any atom is 0.0619 e. The molecule has 1 atom stereocenters. The highest BCUT2D eigenvalue weighted by molar-refractivity contribution is 4.72. The molecule has 0 amide bonds. The summed E-state index contributed by atoms with van der Waals surface area (Å²) in [6.45, 7) is 13.3. The topological polar surface area (TPSA) is 15.7 Å². The molecule has 0 saturated carbocycles. The smallest absolute Gasteiger partial charge is 0.0619 e. The van der Waals surface area contributed by atoms with Gasteiger partial charge in [-0.25, -0.2) is 0 Å². The predicted molar refractivity (Wildman–Crippen MR) is 73.4 cm³/mol. The quantitative estimate of drug-likeness (QED) is 0.606. The fourth-order valence-electron chi connectivity index (χ4n) is 2.48. The highest BCUT2D eigenvalue weighted by Gasteiger charge is 2.17. The average molecular weight is 242 g/mol. The van der Waals surface area contributed by atoms with Crippen molar-refractivity contribution in [2.75, 3.05) is 46.4 Å². The molecule has 17 heavy (non-hydrogen) atoms. The van der Waals surface area contributed by atoms with Gasteiger partial charge in [-0.3, -0.25) is 4.90 Å². The normalized spacial score (nSPS) is 19.4. The van der Waals surface area contributed by atoms with E-state index in [4.69, 9.17) is 4.74 Å². The van der Waals surface area contributed by atoms with Gasteiger partial charge in [-0.05, 0) is 45.8 Å². The molecule has 0 aromatic rings. The van der Waals surface area contributed by atoms with Crippen LogP contribution in [-0.4, -0.2) is 62.3 Å². The monoisotopic (exact) mass is 242 g/mol. The standard InChI is InChI=1S/C14H30N2O/c1-13(2)11-15(4)9-10-17-12-14(3)16-7-5-6-8-16/h13-14H,5-12H2,1-4H3. The second kappa shape index (κ2) is 8.06. The van der Waals surface area contributed by atoms with Crippen molar-refractivity contribution in [1.82, 2.24) is 9.80 Å². The minimum atomic E-state index is 0.591. The molecule has 0 N–H and O–H groups in total. The Hall–Kier alpha value is -0.120. The van der Waals surface area contributed by atoms with E-state index in [0.717, 1.165) is 32.2 Å². The first kappa shape index (κ1) is 14.9. The second-order valence-electron chi connectivity index (χ2n) is 5.82. The first-order valence-electron chi connectivity index (χ1n) is 7.10. The zero-order valence-corrected chi connectivity index (χ0v) is 12.1. The number of rotatable bonds is 8. The lowest BCUT2D eigenvalue weighted by Gasteiger charge is -2.24. The van der Waals surface area contributed by atoms with Crippen LogP contribution in [0.15, 0.2) is 0 Å². The molecular formula is C14H30N2O. The van der Waals surface area contributed by atoms with Crippen molar-refractivity contribution < 1.29 is 4.74 Å². The second-order valence-corrected chi connectivity index (χ2v) is 5.82. The van der Waals surface area contributed by atoms with Crippen molar-refractivity contribution in [1.29, 1.82) is 0 Å². The molecule has 1 aliphatic rings. The van der Waals surface area contributed by atoms with Crippen molar-refractivity contribution in [3.8, 4) is 0 Å². The van der Waals surface area contributed by atoms with Crippen molar-refractivity contribution in [2.24, 2.45) is 5.92 Å². The van der Waals surface area contributed by atoms with Crippen LogP contribution in [-0.2, 0) is 4.74 Å². The van der Waals surface area contributed by atoms with Gasteiger partial charge >= 0.3 is 0 Å². The van der Waals surface area contributed by atoms with Crippen LogP contribution in [0, 0.1) is 5.92 Å². The van der Waals surface area contributed by atoms with Crippen LogP contribution in [0.1, 0.15) is 33.6 Å². The summed E-state index contributed by atoms with van der Waals surface area (Å²) in [6, 6.07) is 0.591. The van der Waals surface area contributed by atoms with E-state index in [9.17, 15) is 0 Å². The fraction of sp³-hybridized carbons (Fsp3) is 1.00. The molecule has 0 radical (unpaired) electrons. The summed E-state index contributed by atoms with van der Waals surface area (Å²) < 4.78 is 5.78. The van der Waals surface area contributed by atoms with Gasteiger partial charge in [0.05, 0.1) is 13.2 Å². The average Bonchev–Trinajstić information content (AvgIpc) is 2.76. The Balaban J connectivity index is 1.99. The first-order chi connectivity index (χ1) is 8.09. The predicted octanol–water partition coefficient (Wildman–Crippen LogP) is 2.08. The molecule has 0 aliphatic carbocycles. The van der Waals surface area contributed by atoms with Crippen LogP contribution in [0.5, 0.6) is 0 Å². The van der Waals surface area contributed by atoms with Gasteiger partial charge in [0.2, 0.25) is 0 Å². The Morgan fingerprint density at radius 2 is 1.82 bits per heavy atom. The molecule has 1 heterocycles. The number of likely N-dealkylation sites (N-methyl/N-ethyl adjacent to an activating group) is 1. The molecule has 0 spiro atoms. The van der Waals surface area contributed by atoms with Gasteiger partial charge in [-0.1, -0.05) is 13.8 Å². The molecule has 1 fully saturated rings. The molecule has 0 bridgehead atoms. The largest absolute Gasteiger partial charge is 0.379 e. The number of hydrogen-bond donors (Lipinski definition) is 0. The van der Waals surface area contributed by atoms with Crippen LogP contribution in [0.3, 0.4) is 0 Å². The molecule has 3 nitrogen and oxygen atoms in total. The van der Waals surface area contributed by atoms with Gasteiger partial charge in [0.15, 0.2) is 0 Å². The van der Waals surface area contributed by atoms with E-state index in [1.54, 1.807) is 0 Å². The zero-order valence-electron chi connectivity index (χ0n) is 12.1. The third-order valence-electron chi connectivity index (χ3n) is 3.42.